The molecular weight excluding hydrogens is 391 g/mol. The van der Waals surface area contributed by atoms with E-state index < -0.39 is 24.1 Å². The van der Waals surface area contributed by atoms with Gasteiger partial charge in [0.2, 0.25) is 11.7 Å². The van der Waals surface area contributed by atoms with Gasteiger partial charge in [-0.25, -0.2) is 14.8 Å². The van der Waals surface area contributed by atoms with Crippen LogP contribution in [0.4, 0.5) is 23.8 Å². The van der Waals surface area contributed by atoms with Gasteiger partial charge in [0, 0.05) is 24.3 Å². The van der Waals surface area contributed by atoms with Crippen LogP contribution in [-0.2, 0) is 22.1 Å². The van der Waals surface area contributed by atoms with Crippen LogP contribution in [0.3, 0.4) is 0 Å². The first kappa shape index (κ1) is 22.7. The van der Waals surface area contributed by atoms with E-state index in [0.29, 0.717) is 31.0 Å². The number of ether oxygens (including phenoxy) is 1. The second-order valence-corrected chi connectivity index (χ2v) is 7.16. The maximum absolute atomic E-state index is 12.8. The van der Waals surface area contributed by atoms with Gasteiger partial charge >= 0.3 is 12.3 Å². The molecule has 11 heteroatoms. The van der Waals surface area contributed by atoms with E-state index in [0.717, 1.165) is 19.3 Å². The summed E-state index contributed by atoms with van der Waals surface area (Å²) in [7, 11) is 1.23. The summed E-state index contributed by atoms with van der Waals surface area (Å²) in [6, 6.07) is -0.675. The van der Waals surface area contributed by atoms with Crippen LogP contribution < -0.4 is 11.1 Å². The van der Waals surface area contributed by atoms with Gasteiger partial charge in [0.25, 0.3) is 0 Å². The SMILES string of the molecule is COC(=O)N[C@@H](C)C(=O)N1CCC(CCc2c(C)nc(C(F)(F)F)nc2N)CC1. The molecule has 0 bridgehead atoms. The summed E-state index contributed by atoms with van der Waals surface area (Å²) in [5.41, 5.74) is 6.50. The molecule has 0 spiro atoms. The van der Waals surface area contributed by atoms with E-state index in [1.54, 1.807) is 11.8 Å². The van der Waals surface area contributed by atoms with E-state index in [1.807, 2.05) is 0 Å². The lowest BCUT2D eigenvalue weighted by Gasteiger charge is -2.33. The third-order valence-corrected chi connectivity index (χ3v) is 5.12. The number of nitrogens with zero attached hydrogens (tertiary/aromatic N) is 3. The molecule has 29 heavy (non-hydrogen) atoms. The van der Waals surface area contributed by atoms with Crippen molar-refractivity contribution in [3.63, 3.8) is 0 Å². The number of amides is 2. The second kappa shape index (κ2) is 9.27. The number of piperidine rings is 1. The van der Waals surface area contributed by atoms with Crippen LogP contribution >= 0.6 is 0 Å². The quantitative estimate of drug-likeness (QED) is 0.761. The van der Waals surface area contributed by atoms with Crippen molar-refractivity contribution >= 4 is 17.8 Å². The van der Waals surface area contributed by atoms with Crippen molar-refractivity contribution in [2.75, 3.05) is 25.9 Å². The number of hydrogen-bond acceptors (Lipinski definition) is 6. The summed E-state index contributed by atoms with van der Waals surface area (Å²) in [4.78, 5) is 32.2. The highest BCUT2D eigenvalue weighted by Gasteiger charge is 2.35. The predicted molar refractivity (Wildman–Crippen MR) is 98.8 cm³/mol. The molecule has 1 aliphatic heterocycles. The third kappa shape index (κ3) is 5.94. The molecule has 1 aromatic rings. The van der Waals surface area contributed by atoms with Crippen molar-refractivity contribution < 1.29 is 27.5 Å². The highest BCUT2D eigenvalue weighted by molar-refractivity contribution is 5.85. The zero-order valence-corrected chi connectivity index (χ0v) is 16.7. The summed E-state index contributed by atoms with van der Waals surface area (Å²) >= 11 is 0. The van der Waals surface area contributed by atoms with E-state index in [1.165, 1.54) is 14.0 Å². The van der Waals surface area contributed by atoms with Crippen LogP contribution in [0.2, 0.25) is 0 Å². The van der Waals surface area contributed by atoms with Crippen LogP contribution in [0.15, 0.2) is 0 Å². The molecule has 1 fully saturated rings. The van der Waals surface area contributed by atoms with Crippen LogP contribution in [0.25, 0.3) is 0 Å². The van der Waals surface area contributed by atoms with Crippen molar-refractivity contribution in [1.29, 1.82) is 0 Å². The number of methoxy groups -OCH3 is 1. The topological polar surface area (TPSA) is 110 Å². The Morgan fingerprint density at radius 1 is 1.31 bits per heavy atom. The Kier molecular flexibility index (Phi) is 7.26. The lowest BCUT2D eigenvalue weighted by atomic mass is 9.90. The van der Waals surface area contributed by atoms with Crippen LogP contribution in [0, 0.1) is 12.8 Å². The lowest BCUT2D eigenvalue weighted by Crippen LogP contribution is -2.49. The highest BCUT2D eigenvalue weighted by Crippen LogP contribution is 2.30. The van der Waals surface area contributed by atoms with Gasteiger partial charge in [-0.15, -0.1) is 0 Å². The summed E-state index contributed by atoms with van der Waals surface area (Å²) in [5, 5.41) is 2.45. The van der Waals surface area contributed by atoms with Gasteiger partial charge in [-0.05, 0) is 45.4 Å². The van der Waals surface area contributed by atoms with E-state index >= 15 is 0 Å². The van der Waals surface area contributed by atoms with Crippen molar-refractivity contribution in [3.8, 4) is 0 Å². The number of hydrogen-bond donors (Lipinski definition) is 2. The molecule has 0 aromatic carbocycles. The average molecular weight is 417 g/mol. The van der Waals surface area contributed by atoms with E-state index in [-0.39, 0.29) is 17.4 Å². The predicted octanol–water partition coefficient (Wildman–Crippen LogP) is 2.30. The fourth-order valence-electron chi connectivity index (χ4n) is 3.42. The Balaban J connectivity index is 1.88. The van der Waals surface area contributed by atoms with Gasteiger partial charge in [-0.3, -0.25) is 4.79 Å². The second-order valence-electron chi connectivity index (χ2n) is 7.16. The molecule has 3 N–H and O–H groups in total. The molecule has 0 saturated carbocycles. The summed E-state index contributed by atoms with van der Waals surface area (Å²) in [6.07, 6.45) is -2.57. The first-order chi connectivity index (χ1) is 13.5. The molecule has 0 radical (unpaired) electrons. The number of alkyl carbamates (subject to hydrolysis) is 1. The molecule has 2 rings (SSSR count). The summed E-state index contributed by atoms with van der Waals surface area (Å²) in [5.74, 6) is -1.23. The van der Waals surface area contributed by atoms with Crippen molar-refractivity contribution in [1.82, 2.24) is 20.2 Å². The first-order valence-electron chi connectivity index (χ1n) is 9.36. The fraction of sp³-hybridized carbons (Fsp3) is 0.667. The van der Waals surface area contributed by atoms with Gasteiger partial charge in [-0.2, -0.15) is 13.2 Å². The Bertz CT molecular complexity index is 726. The van der Waals surface area contributed by atoms with Crippen molar-refractivity contribution in [2.45, 2.75) is 51.7 Å². The molecule has 0 unspecified atom stereocenters. The van der Waals surface area contributed by atoms with Gasteiger partial charge in [0.15, 0.2) is 0 Å². The van der Waals surface area contributed by atoms with Crippen LogP contribution in [0.1, 0.15) is 43.3 Å². The molecule has 2 heterocycles. The number of rotatable bonds is 5. The molecule has 1 atom stereocenters. The summed E-state index contributed by atoms with van der Waals surface area (Å²) < 4.78 is 42.8. The number of halogens is 3. The molecule has 0 aliphatic carbocycles. The Morgan fingerprint density at radius 3 is 2.45 bits per heavy atom. The zero-order chi connectivity index (χ0) is 21.8. The van der Waals surface area contributed by atoms with Crippen molar-refractivity contribution in [3.05, 3.63) is 17.1 Å². The van der Waals surface area contributed by atoms with Gasteiger partial charge in [0.05, 0.1) is 7.11 Å². The Hall–Kier alpha value is -2.59. The third-order valence-electron chi connectivity index (χ3n) is 5.12. The van der Waals surface area contributed by atoms with E-state index in [4.69, 9.17) is 5.73 Å². The summed E-state index contributed by atoms with van der Waals surface area (Å²) in [6.45, 7) is 4.20. The monoisotopic (exact) mass is 417 g/mol. The minimum absolute atomic E-state index is 0.139. The lowest BCUT2D eigenvalue weighted by molar-refractivity contribution is -0.145. The standard InChI is InChI=1S/C18H26F3N5O3/c1-10-13(14(22)25-16(23-10)18(19,20)21)5-4-12-6-8-26(9-7-12)15(27)11(2)24-17(28)29-3/h11-12H,4-9H2,1-3H3,(H,24,28)(H2,22,23,25)/t11-/m0/s1. The fourth-order valence-corrected chi connectivity index (χ4v) is 3.42. The molecule has 2 amide bonds. The maximum atomic E-state index is 12.8. The number of carbonyl (C=O) groups excluding carboxylic acids is 2. The van der Waals surface area contributed by atoms with Crippen molar-refractivity contribution in [2.24, 2.45) is 5.92 Å². The first-order valence-corrected chi connectivity index (χ1v) is 9.36. The van der Waals surface area contributed by atoms with E-state index in [2.05, 4.69) is 20.0 Å². The number of nitrogens with two attached hydrogens (primary N) is 1. The van der Waals surface area contributed by atoms with Gasteiger partial charge in [0.1, 0.15) is 11.9 Å². The smallest absolute Gasteiger partial charge is 0.451 e. The largest absolute Gasteiger partial charge is 0.453 e. The molecule has 162 valence electrons. The number of carbonyl (C=O) groups is 2. The normalized spacial score (nSPS) is 16.4. The number of alkyl halides is 3. The van der Waals surface area contributed by atoms with Crippen LogP contribution in [0.5, 0.6) is 0 Å². The number of nitrogen functional groups attached to an aromatic ring is 1. The number of likely N-dealkylation sites (tertiary alicyclic amines) is 1. The minimum Gasteiger partial charge on any atom is -0.453 e. The van der Waals surface area contributed by atoms with Gasteiger partial charge < -0.3 is 20.7 Å². The molecule has 1 aliphatic rings. The van der Waals surface area contributed by atoms with E-state index in [9.17, 15) is 22.8 Å². The Morgan fingerprint density at radius 2 is 1.93 bits per heavy atom. The van der Waals surface area contributed by atoms with Crippen LogP contribution in [-0.4, -0.2) is 53.1 Å². The molecular formula is C18H26F3N5O3. The molecule has 8 nitrogen and oxygen atoms in total. The highest BCUT2D eigenvalue weighted by atomic mass is 19.4. The number of anilines is 1. The number of aryl methyl sites for hydroxylation is 1. The minimum atomic E-state index is -4.63. The number of nitrogens with one attached hydrogen (secondary N) is 1. The molecule has 1 saturated heterocycles. The Labute approximate surface area is 167 Å². The molecule has 1 aromatic heterocycles. The van der Waals surface area contributed by atoms with Gasteiger partial charge in [-0.1, -0.05) is 0 Å². The number of aromatic nitrogens is 2. The maximum Gasteiger partial charge on any atom is 0.451 e. The zero-order valence-electron chi connectivity index (χ0n) is 16.7. The average Bonchev–Trinajstić information content (AvgIpc) is 2.66.